The highest BCUT2D eigenvalue weighted by molar-refractivity contribution is 7.17. The van der Waals surface area contributed by atoms with Gasteiger partial charge in [0.25, 0.3) is 11.8 Å². The van der Waals surface area contributed by atoms with Gasteiger partial charge in [0.1, 0.15) is 10.6 Å². The van der Waals surface area contributed by atoms with Gasteiger partial charge in [-0.3, -0.25) is 19.8 Å². The fraction of sp³-hybridized carbons (Fsp3) is 0.160. The molecule has 7 heteroatoms. The van der Waals surface area contributed by atoms with E-state index in [0.29, 0.717) is 0 Å². The molecule has 6 nitrogen and oxygen atoms in total. The molecule has 0 atom stereocenters. The number of benzene rings is 2. The van der Waals surface area contributed by atoms with Gasteiger partial charge in [0.05, 0.1) is 11.4 Å². The van der Waals surface area contributed by atoms with Crippen LogP contribution in [0.3, 0.4) is 0 Å². The second-order valence-electron chi connectivity index (χ2n) is 8.35. The van der Waals surface area contributed by atoms with Crippen LogP contribution >= 0.6 is 11.3 Å². The van der Waals surface area contributed by atoms with Gasteiger partial charge in [-0.2, -0.15) is 0 Å². The van der Waals surface area contributed by atoms with Crippen molar-refractivity contribution in [2.24, 2.45) is 0 Å². The van der Waals surface area contributed by atoms with E-state index in [2.05, 4.69) is 60.5 Å². The zero-order valence-corrected chi connectivity index (χ0v) is 18.7. The Kier molecular flexibility index (Phi) is 4.53. The molecule has 4 amide bonds. The first-order valence-corrected chi connectivity index (χ1v) is 11.0. The summed E-state index contributed by atoms with van der Waals surface area (Å²) in [5.41, 5.74) is 4.47. The number of rotatable bonds is 2. The average Bonchev–Trinajstić information content (AvgIpc) is 3.24. The second kappa shape index (κ2) is 7.17. The van der Waals surface area contributed by atoms with Gasteiger partial charge in [-0.15, -0.1) is 11.3 Å². The number of thiophene rings is 1. The lowest BCUT2D eigenvalue weighted by molar-refractivity contribution is -0.129. The highest BCUT2D eigenvalue weighted by atomic mass is 32.1. The summed E-state index contributed by atoms with van der Waals surface area (Å²) in [6.45, 7) is 4.47. The number of barbiturate groups is 1. The molecule has 0 saturated carbocycles. The largest absolute Gasteiger partial charge is 0.331 e. The predicted molar refractivity (Wildman–Crippen MR) is 125 cm³/mol. The Morgan fingerprint density at radius 3 is 2.09 bits per heavy atom. The summed E-state index contributed by atoms with van der Waals surface area (Å²) in [5, 5.41) is 3.16. The van der Waals surface area contributed by atoms with Gasteiger partial charge < -0.3 is 4.90 Å². The van der Waals surface area contributed by atoms with Crippen molar-refractivity contribution in [2.75, 3.05) is 11.9 Å². The number of carbonyl (C=O) groups excluding carboxylic acids is 3. The number of anilines is 3. The smallest absolute Gasteiger partial charge is 0.301 e. The van der Waals surface area contributed by atoms with E-state index in [0.717, 1.165) is 26.2 Å². The van der Waals surface area contributed by atoms with Gasteiger partial charge in [0, 0.05) is 17.3 Å². The molecule has 1 saturated heterocycles. The Morgan fingerprint density at radius 2 is 1.47 bits per heavy atom. The third kappa shape index (κ3) is 2.97. The van der Waals surface area contributed by atoms with E-state index in [1.807, 2.05) is 24.3 Å². The van der Waals surface area contributed by atoms with Crippen LogP contribution in [0.5, 0.6) is 0 Å². The topological polar surface area (TPSA) is 69.7 Å². The van der Waals surface area contributed by atoms with Crippen molar-refractivity contribution in [1.82, 2.24) is 10.2 Å². The van der Waals surface area contributed by atoms with Crippen LogP contribution in [0.1, 0.15) is 29.9 Å². The lowest BCUT2D eigenvalue weighted by atomic mass is 9.74. The maximum Gasteiger partial charge on any atom is 0.331 e. The van der Waals surface area contributed by atoms with Crippen LogP contribution < -0.4 is 10.2 Å². The molecule has 0 spiro atoms. The maximum absolute atomic E-state index is 12.4. The van der Waals surface area contributed by atoms with Gasteiger partial charge in [0.15, 0.2) is 0 Å². The number of hydrogen-bond donors (Lipinski definition) is 1. The third-order valence-corrected chi connectivity index (χ3v) is 7.08. The lowest BCUT2D eigenvalue weighted by Crippen LogP contribution is -2.52. The summed E-state index contributed by atoms with van der Waals surface area (Å²) >= 11 is 1.48. The molecular formula is C25H21N3O3S. The summed E-state index contributed by atoms with van der Waals surface area (Å²) in [6.07, 6.45) is 1.54. The van der Waals surface area contributed by atoms with Gasteiger partial charge >= 0.3 is 6.03 Å². The Hall–Kier alpha value is -3.71. The quantitative estimate of drug-likeness (QED) is 0.450. The summed E-state index contributed by atoms with van der Waals surface area (Å²) in [4.78, 5) is 40.2. The minimum atomic E-state index is -0.715. The SMILES string of the molecule is CN1C(=O)NC(=O)/C(=C/c2ccc(N3c4ccccc4C(C)(C)c4ccccc43)s2)C1=O. The molecule has 3 aromatic rings. The average molecular weight is 444 g/mol. The standard InChI is InChI=1S/C25H21N3O3S/c1-25(2)17-8-4-6-10-19(17)28(20-11-7-5-9-18(20)25)21-13-12-15(32-21)14-16-22(29)26-24(31)27(3)23(16)30/h4-14H,1-3H3,(H,26,29,31)/b16-14-. The van der Waals surface area contributed by atoms with Crippen LogP contribution in [0.15, 0.2) is 66.2 Å². The normalized spacial score (nSPS) is 18.5. The van der Waals surface area contributed by atoms with Crippen molar-refractivity contribution in [2.45, 2.75) is 19.3 Å². The van der Waals surface area contributed by atoms with Crippen LogP contribution in [0.4, 0.5) is 21.2 Å². The van der Waals surface area contributed by atoms with Gasteiger partial charge in [-0.05, 0) is 41.5 Å². The monoisotopic (exact) mass is 443 g/mol. The van der Waals surface area contributed by atoms with E-state index >= 15 is 0 Å². The zero-order chi connectivity index (χ0) is 22.6. The number of amides is 4. The zero-order valence-electron chi connectivity index (χ0n) is 17.9. The minimum absolute atomic E-state index is 0.0546. The first kappa shape index (κ1) is 20.2. The Balaban J connectivity index is 1.60. The third-order valence-electron chi connectivity index (χ3n) is 6.06. The van der Waals surface area contributed by atoms with E-state index in [4.69, 9.17) is 0 Å². The van der Waals surface area contributed by atoms with E-state index in [1.165, 1.54) is 29.5 Å². The van der Waals surface area contributed by atoms with Crippen LogP contribution in [0.25, 0.3) is 6.08 Å². The second-order valence-corrected chi connectivity index (χ2v) is 9.45. The van der Waals surface area contributed by atoms with Crippen molar-refractivity contribution in [1.29, 1.82) is 0 Å². The number of likely N-dealkylation sites (N-methyl/N-ethyl adjacent to an activating group) is 1. The van der Waals surface area contributed by atoms with Crippen LogP contribution in [0.2, 0.25) is 0 Å². The molecule has 0 unspecified atom stereocenters. The molecule has 0 aliphatic carbocycles. The lowest BCUT2D eigenvalue weighted by Gasteiger charge is -2.41. The van der Waals surface area contributed by atoms with E-state index in [-0.39, 0.29) is 11.0 Å². The summed E-state index contributed by atoms with van der Waals surface area (Å²) in [7, 11) is 1.35. The number of nitrogens with zero attached hydrogens (tertiary/aromatic N) is 2. The number of imide groups is 2. The van der Waals surface area contributed by atoms with E-state index in [9.17, 15) is 14.4 Å². The molecular weight excluding hydrogens is 422 g/mol. The fourth-order valence-electron chi connectivity index (χ4n) is 4.33. The summed E-state index contributed by atoms with van der Waals surface area (Å²) in [5.74, 6) is -1.28. The molecule has 2 aliphatic rings. The minimum Gasteiger partial charge on any atom is -0.301 e. The molecule has 3 heterocycles. The van der Waals surface area contributed by atoms with Gasteiger partial charge in [-0.1, -0.05) is 50.2 Å². The molecule has 2 aromatic carbocycles. The molecule has 1 fully saturated rings. The van der Waals surface area contributed by atoms with Crippen LogP contribution in [0, 0.1) is 0 Å². The Bertz CT molecular complexity index is 1270. The summed E-state index contributed by atoms with van der Waals surface area (Å²) in [6, 6.07) is 19.9. The number of carbonyl (C=O) groups is 3. The highest BCUT2D eigenvalue weighted by Gasteiger charge is 2.37. The van der Waals surface area contributed by atoms with Crippen molar-refractivity contribution >= 4 is 51.6 Å². The molecule has 32 heavy (non-hydrogen) atoms. The molecule has 0 bridgehead atoms. The summed E-state index contributed by atoms with van der Waals surface area (Å²) < 4.78 is 0. The Labute approximate surface area is 189 Å². The fourth-order valence-corrected chi connectivity index (χ4v) is 5.31. The first-order chi connectivity index (χ1) is 15.3. The maximum atomic E-state index is 12.4. The first-order valence-electron chi connectivity index (χ1n) is 10.2. The van der Waals surface area contributed by atoms with Crippen molar-refractivity contribution in [3.63, 3.8) is 0 Å². The van der Waals surface area contributed by atoms with Crippen molar-refractivity contribution < 1.29 is 14.4 Å². The van der Waals surface area contributed by atoms with Gasteiger partial charge in [0.2, 0.25) is 0 Å². The molecule has 1 N–H and O–H groups in total. The van der Waals surface area contributed by atoms with E-state index in [1.54, 1.807) is 6.08 Å². The molecule has 160 valence electrons. The predicted octanol–water partition coefficient (Wildman–Crippen LogP) is 4.95. The highest BCUT2D eigenvalue weighted by Crippen LogP contribution is 2.52. The Morgan fingerprint density at radius 1 is 0.875 bits per heavy atom. The number of hydrogen-bond acceptors (Lipinski definition) is 5. The van der Waals surface area contributed by atoms with Crippen molar-refractivity contribution in [3.8, 4) is 0 Å². The van der Waals surface area contributed by atoms with Crippen molar-refractivity contribution in [3.05, 3.63) is 82.2 Å². The molecule has 0 radical (unpaired) electrons. The number of nitrogens with one attached hydrogen (secondary N) is 1. The van der Waals surface area contributed by atoms with Crippen LogP contribution in [-0.2, 0) is 15.0 Å². The number of urea groups is 1. The molecule has 2 aliphatic heterocycles. The molecule has 1 aromatic heterocycles. The van der Waals surface area contributed by atoms with Gasteiger partial charge in [-0.25, -0.2) is 4.79 Å². The van der Waals surface area contributed by atoms with E-state index < -0.39 is 17.8 Å². The molecule has 5 rings (SSSR count). The number of para-hydroxylation sites is 2. The van der Waals surface area contributed by atoms with Crippen LogP contribution in [-0.4, -0.2) is 29.8 Å². The number of fused-ring (bicyclic) bond motifs is 2.